The molecule has 3 atom stereocenters. The van der Waals surface area contributed by atoms with E-state index in [-0.39, 0.29) is 11.7 Å². The minimum Gasteiger partial charge on any atom is -0.285 e. The fourth-order valence-corrected chi connectivity index (χ4v) is 3.02. The number of hydrogen-bond acceptors (Lipinski definition) is 1. The number of fused-ring (bicyclic) bond motifs is 3. The van der Waals surface area contributed by atoms with Crippen molar-refractivity contribution in [3.8, 4) is 12.3 Å². The summed E-state index contributed by atoms with van der Waals surface area (Å²) in [4.78, 5) is 11.5. The second kappa shape index (κ2) is 2.97. The molecule has 0 radical (unpaired) electrons. The van der Waals surface area contributed by atoms with Crippen LogP contribution >= 0.6 is 0 Å². The summed E-state index contributed by atoms with van der Waals surface area (Å²) >= 11 is 0. The van der Waals surface area contributed by atoms with E-state index in [9.17, 15) is 4.79 Å². The summed E-state index contributed by atoms with van der Waals surface area (Å²) < 4.78 is 0. The van der Waals surface area contributed by atoms with Crippen LogP contribution in [-0.4, -0.2) is 5.78 Å². The molecule has 1 aromatic carbocycles. The summed E-state index contributed by atoms with van der Waals surface area (Å²) in [6.07, 6.45) is 7.42. The van der Waals surface area contributed by atoms with Crippen molar-refractivity contribution in [3.63, 3.8) is 0 Å². The van der Waals surface area contributed by atoms with Gasteiger partial charge in [-0.25, -0.2) is 0 Å². The molecular weight excluding hydrogens is 184 g/mol. The van der Waals surface area contributed by atoms with Crippen molar-refractivity contribution in [2.45, 2.75) is 18.8 Å². The number of carbonyl (C=O) groups is 1. The van der Waals surface area contributed by atoms with Gasteiger partial charge in [-0.3, -0.25) is 4.79 Å². The molecule has 2 aliphatic rings. The van der Waals surface area contributed by atoms with E-state index in [4.69, 9.17) is 6.42 Å². The topological polar surface area (TPSA) is 17.1 Å². The SMILES string of the molecule is C#CC(=O)C1C2CCc3ccccc3C21. The van der Waals surface area contributed by atoms with Gasteiger partial charge in [-0.1, -0.05) is 24.3 Å². The first-order chi connectivity index (χ1) is 7.33. The van der Waals surface area contributed by atoms with E-state index in [0.29, 0.717) is 11.8 Å². The van der Waals surface area contributed by atoms with E-state index in [1.54, 1.807) is 0 Å². The van der Waals surface area contributed by atoms with E-state index in [2.05, 4.69) is 30.2 Å². The van der Waals surface area contributed by atoms with Gasteiger partial charge in [-0.15, -0.1) is 6.42 Å². The number of carbonyl (C=O) groups excluding carboxylic acids is 1. The van der Waals surface area contributed by atoms with Crippen LogP contribution < -0.4 is 0 Å². The normalized spacial score (nSPS) is 31.0. The average molecular weight is 196 g/mol. The Labute approximate surface area is 89.5 Å². The maximum absolute atomic E-state index is 11.5. The van der Waals surface area contributed by atoms with Gasteiger partial charge in [0.2, 0.25) is 5.78 Å². The first kappa shape index (κ1) is 8.73. The number of terminal acetylenes is 1. The molecule has 0 N–H and O–H groups in total. The molecule has 3 rings (SSSR count). The lowest BCUT2D eigenvalue weighted by molar-refractivity contribution is -0.115. The highest BCUT2D eigenvalue weighted by Crippen LogP contribution is 2.59. The number of Topliss-reactive ketones (excluding diaryl/α,β-unsaturated/α-hetero) is 1. The minimum absolute atomic E-state index is 0.00158. The van der Waals surface area contributed by atoms with Crippen LogP contribution in [-0.2, 0) is 11.2 Å². The van der Waals surface area contributed by atoms with Gasteiger partial charge < -0.3 is 0 Å². The van der Waals surface area contributed by atoms with E-state index in [0.717, 1.165) is 12.8 Å². The molecule has 0 heterocycles. The Balaban J connectivity index is 1.97. The maximum Gasteiger partial charge on any atom is 0.209 e. The van der Waals surface area contributed by atoms with Crippen LogP contribution in [0.1, 0.15) is 23.5 Å². The molecule has 0 aromatic heterocycles. The minimum atomic E-state index is 0.00158. The molecule has 0 amide bonds. The zero-order valence-corrected chi connectivity index (χ0v) is 8.44. The highest BCUT2D eigenvalue weighted by molar-refractivity contribution is 6.00. The Bertz CT molecular complexity index is 466. The Morgan fingerprint density at radius 1 is 1.40 bits per heavy atom. The Morgan fingerprint density at radius 2 is 2.20 bits per heavy atom. The molecule has 0 aliphatic heterocycles. The lowest BCUT2D eigenvalue weighted by Crippen LogP contribution is -2.00. The van der Waals surface area contributed by atoms with Crippen LogP contribution in [0, 0.1) is 24.2 Å². The van der Waals surface area contributed by atoms with Crippen LogP contribution in [0.3, 0.4) is 0 Å². The quantitative estimate of drug-likeness (QED) is 0.497. The zero-order valence-electron chi connectivity index (χ0n) is 8.44. The molecule has 74 valence electrons. The molecule has 1 saturated carbocycles. The van der Waals surface area contributed by atoms with Crippen LogP contribution in [0.25, 0.3) is 0 Å². The summed E-state index contributed by atoms with van der Waals surface area (Å²) in [6.45, 7) is 0. The molecule has 3 unspecified atom stereocenters. The summed E-state index contributed by atoms with van der Waals surface area (Å²) in [5.41, 5.74) is 2.77. The largest absolute Gasteiger partial charge is 0.285 e. The second-order valence-corrected chi connectivity index (χ2v) is 4.46. The average Bonchev–Trinajstić information content (AvgIpc) is 3.02. The lowest BCUT2D eigenvalue weighted by atomic mass is 9.92. The third-order valence-corrected chi connectivity index (χ3v) is 3.77. The fraction of sp³-hybridized carbons (Fsp3) is 0.357. The van der Waals surface area contributed by atoms with Gasteiger partial charge in [0.1, 0.15) is 0 Å². The fourth-order valence-electron chi connectivity index (χ4n) is 3.02. The summed E-state index contributed by atoms with van der Waals surface area (Å²) in [5, 5.41) is 0. The summed E-state index contributed by atoms with van der Waals surface area (Å²) in [5.74, 6) is 3.36. The van der Waals surface area contributed by atoms with Crippen molar-refractivity contribution in [3.05, 3.63) is 35.4 Å². The number of ketones is 1. The Kier molecular flexibility index (Phi) is 1.73. The highest BCUT2D eigenvalue weighted by Gasteiger charge is 2.56. The molecule has 1 nitrogen and oxygen atoms in total. The Morgan fingerprint density at radius 3 is 3.00 bits per heavy atom. The van der Waals surface area contributed by atoms with E-state index >= 15 is 0 Å². The first-order valence-corrected chi connectivity index (χ1v) is 5.41. The van der Waals surface area contributed by atoms with Crippen LogP contribution in [0.2, 0.25) is 0 Å². The van der Waals surface area contributed by atoms with Crippen molar-refractivity contribution in [1.82, 2.24) is 0 Å². The van der Waals surface area contributed by atoms with Crippen LogP contribution in [0.15, 0.2) is 24.3 Å². The standard InChI is InChI=1S/C14H12O/c1-2-12(15)14-11-8-7-9-5-3-4-6-10(9)13(11)14/h1,3-6,11,13-14H,7-8H2. The van der Waals surface area contributed by atoms with Crippen LogP contribution in [0.4, 0.5) is 0 Å². The van der Waals surface area contributed by atoms with Gasteiger partial charge in [-0.2, -0.15) is 0 Å². The van der Waals surface area contributed by atoms with E-state index in [1.807, 2.05) is 0 Å². The van der Waals surface area contributed by atoms with Gasteiger partial charge in [0.25, 0.3) is 0 Å². The van der Waals surface area contributed by atoms with Crippen LogP contribution in [0.5, 0.6) is 0 Å². The third-order valence-electron chi connectivity index (χ3n) is 3.77. The Hall–Kier alpha value is -1.55. The predicted molar refractivity (Wildman–Crippen MR) is 58.3 cm³/mol. The first-order valence-electron chi connectivity index (χ1n) is 5.41. The van der Waals surface area contributed by atoms with Crippen molar-refractivity contribution >= 4 is 5.78 Å². The van der Waals surface area contributed by atoms with Gasteiger partial charge in [0, 0.05) is 5.92 Å². The van der Waals surface area contributed by atoms with E-state index in [1.165, 1.54) is 11.1 Å². The second-order valence-electron chi connectivity index (χ2n) is 4.46. The number of benzene rings is 1. The molecule has 2 aliphatic carbocycles. The molecular formula is C14H12O. The van der Waals surface area contributed by atoms with E-state index < -0.39 is 0 Å². The maximum atomic E-state index is 11.5. The smallest absolute Gasteiger partial charge is 0.209 e. The number of rotatable bonds is 1. The van der Waals surface area contributed by atoms with Gasteiger partial charge in [-0.05, 0) is 41.7 Å². The molecule has 15 heavy (non-hydrogen) atoms. The van der Waals surface area contributed by atoms with Gasteiger partial charge >= 0.3 is 0 Å². The number of aryl methyl sites for hydroxylation is 1. The predicted octanol–water partition coefficient (Wildman–Crippen LogP) is 2.16. The summed E-state index contributed by atoms with van der Waals surface area (Å²) in [7, 11) is 0. The zero-order chi connectivity index (χ0) is 10.4. The van der Waals surface area contributed by atoms with Crippen molar-refractivity contribution in [2.75, 3.05) is 0 Å². The lowest BCUT2D eigenvalue weighted by Gasteiger charge is -2.13. The summed E-state index contributed by atoms with van der Waals surface area (Å²) in [6, 6.07) is 8.44. The monoisotopic (exact) mass is 196 g/mol. The van der Waals surface area contributed by atoms with Gasteiger partial charge in [0.05, 0.1) is 0 Å². The molecule has 1 heteroatoms. The molecule has 0 bridgehead atoms. The highest BCUT2D eigenvalue weighted by atomic mass is 16.1. The number of hydrogen-bond donors (Lipinski definition) is 0. The third kappa shape index (κ3) is 1.15. The van der Waals surface area contributed by atoms with Crippen molar-refractivity contribution in [2.24, 2.45) is 11.8 Å². The van der Waals surface area contributed by atoms with Crippen molar-refractivity contribution < 1.29 is 4.79 Å². The molecule has 1 aromatic rings. The van der Waals surface area contributed by atoms with Gasteiger partial charge in [0.15, 0.2) is 0 Å². The molecule has 0 spiro atoms. The molecule has 0 saturated heterocycles. The van der Waals surface area contributed by atoms with Crippen molar-refractivity contribution in [1.29, 1.82) is 0 Å². The molecule has 1 fully saturated rings.